The molecule has 5 nitrogen and oxygen atoms in total. The van der Waals surface area contributed by atoms with E-state index in [1.807, 2.05) is 0 Å². The number of aliphatic imine (C=N–C) groups is 1. The van der Waals surface area contributed by atoms with Crippen LogP contribution in [-0.2, 0) is 19.0 Å². The summed E-state index contributed by atoms with van der Waals surface area (Å²) in [6.45, 7) is 8.41. The van der Waals surface area contributed by atoms with Crippen LogP contribution in [-0.4, -0.2) is 43.8 Å². The molecule has 1 aliphatic heterocycles. The molecule has 1 aliphatic carbocycles. The van der Waals surface area contributed by atoms with Gasteiger partial charge < -0.3 is 14.2 Å². The number of esters is 1. The Labute approximate surface area is 125 Å². The summed E-state index contributed by atoms with van der Waals surface area (Å²) < 4.78 is 15.9. The zero-order valence-corrected chi connectivity index (χ0v) is 12.3. The van der Waals surface area contributed by atoms with Crippen LogP contribution in [0, 0.1) is 5.92 Å². The predicted molar refractivity (Wildman–Crippen MR) is 80.2 cm³/mol. The van der Waals surface area contributed by atoms with E-state index in [1.54, 1.807) is 6.08 Å². The van der Waals surface area contributed by atoms with E-state index in [1.165, 1.54) is 31.8 Å². The molecular weight excluding hydrogens is 270 g/mol. The number of ether oxygens (including phenoxy) is 3. The summed E-state index contributed by atoms with van der Waals surface area (Å²) in [5.74, 6) is 0.718. The molecule has 21 heavy (non-hydrogen) atoms. The van der Waals surface area contributed by atoms with Crippen molar-refractivity contribution in [2.75, 3.05) is 19.8 Å². The number of nitrogens with zero attached hydrogens (tertiary/aromatic N) is 1. The van der Waals surface area contributed by atoms with E-state index >= 15 is 0 Å². The summed E-state index contributed by atoms with van der Waals surface area (Å²) in [6.07, 6.45) is 7.15. The van der Waals surface area contributed by atoms with Crippen LogP contribution in [0.4, 0.5) is 0 Å². The molecular formula is C16H23NO4. The Kier molecular flexibility index (Phi) is 5.99. The third kappa shape index (κ3) is 4.70. The van der Waals surface area contributed by atoms with Gasteiger partial charge in [-0.05, 0) is 18.8 Å². The maximum atomic E-state index is 11.7. The molecule has 0 amide bonds. The van der Waals surface area contributed by atoms with Crippen LogP contribution in [0.15, 0.2) is 30.3 Å². The number of hydrogen-bond donors (Lipinski definition) is 0. The van der Waals surface area contributed by atoms with Gasteiger partial charge in [-0.1, -0.05) is 38.2 Å². The maximum absolute atomic E-state index is 11.7. The first-order valence-corrected chi connectivity index (χ1v) is 7.47. The molecule has 0 aromatic heterocycles. The number of carbonyl (C=O) groups is 1. The lowest BCUT2D eigenvalue weighted by molar-refractivity contribution is -0.143. The fourth-order valence-electron chi connectivity index (χ4n) is 2.48. The molecule has 1 saturated heterocycles. The van der Waals surface area contributed by atoms with Crippen LogP contribution in [0.5, 0.6) is 0 Å². The summed E-state index contributed by atoms with van der Waals surface area (Å²) >= 11 is 0. The van der Waals surface area contributed by atoms with E-state index in [2.05, 4.69) is 18.2 Å². The lowest BCUT2D eigenvalue weighted by Gasteiger charge is -2.08. The Morgan fingerprint density at radius 1 is 1.14 bits per heavy atom. The van der Waals surface area contributed by atoms with Crippen LogP contribution in [0.1, 0.15) is 25.7 Å². The molecule has 2 atom stereocenters. The smallest absolute Gasteiger partial charge is 0.338 e. The first-order chi connectivity index (χ1) is 10.3. The molecule has 0 bridgehead atoms. The summed E-state index contributed by atoms with van der Waals surface area (Å²) in [5, 5.41) is 0. The molecule has 2 rings (SSSR count). The standard InChI is InChI=1S/C16H23NO4/c1-3-9-19-15(17-11-12-7-5-6-8-12)13-14(21-13)16(18)20-10-4-2/h3-4,12-14H,1-2,5-11H2. The second-order valence-electron chi connectivity index (χ2n) is 5.33. The van der Waals surface area contributed by atoms with Crippen molar-refractivity contribution in [2.24, 2.45) is 10.9 Å². The van der Waals surface area contributed by atoms with Crippen molar-refractivity contribution in [2.45, 2.75) is 37.9 Å². The van der Waals surface area contributed by atoms with E-state index in [-0.39, 0.29) is 6.61 Å². The highest BCUT2D eigenvalue weighted by molar-refractivity contribution is 5.92. The monoisotopic (exact) mass is 293 g/mol. The Hall–Kier alpha value is -1.62. The molecule has 0 aromatic carbocycles. The highest BCUT2D eigenvalue weighted by Crippen LogP contribution is 2.28. The predicted octanol–water partition coefficient (Wildman–Crippen LogP) is 2.27. The van der Waals surface area contributed by atoms with Crippen LogP contribution in [0.25, 0.3) is 0 Å². The zero-order chi connectivity index (χ0) is 15.1. The minimum atomic E-state index is -0.600. The highest BCUT2D eigenvalue weighted by Gasteiger charge is 2.51. The minimum Gasteiger partial charge on any atom is -0.475 e. The van der Waals surface area contributed by atoms with Gasteiger partial charge in [-0.15, -0.1) is 0 Å². The van der Waals surface area contributed by atoms with Gasteiger partial charge in [-0.3, -0.25) is 4.99 Å². The third-order valence-corrected chi connectivity index (χ3v) is 3.64. The molecule has 2 unspecified atom stereocenters. The summed E-state index contributed by atoms with van der Waals surface area (Å²) in [5.41, 5.74) is 0. The Morgan fingerprint density at radius 2 is 1.81 bits per heavy atom. The number of rotatable bonds is 8. The van der Waals surface area contributed by atoms with Crippen LogP contribution in [0.3, 0.4) is 0 Å². The van der Waals surface area contributed by atoms with Crippen molar-refractivity contribution in [1.29, 1.82) is 0 Å². The van der Waals surface area contributed by atoms with Crippen molar-refractivity contribution in [1.82, 2.24) is 0 Å². The normalized spacial score (nSPS) is 25.4. The van der Waals surface area contributed by atoms with Gasteiger partial charge in [0.15, 0.2) is 12.2 Å². The Morgan fingerprint density at radius 3 is 2.48 bits per heavy atom. The molecule has 0 radical (unpaired) electrons. The second kappa shape index (κ2) is 7.98. The van der Waals surface area contributed by atoms with Gasteiger partial charge in [-0.2, -0.15) is 0 Å². The van der Waals surface area contributed by atoms with E-state index in [4.69, 9.17) is 14.2 Å². The molecule has 5 heteroatoms. The van der Waals surface area contributed by atoms with Gasteiger partial charge in [0.2, 0.25) is 5.90 Å². The lowest BCUT2D eigenvalue weighted by atomic mass is 10.1. The van der Waals surface area contributed by atoms with E-state index in [0.29, 0.717) is 18.4 Å². The average Bonchev–Trinajstić information content (AvgIpc) is 3.11. The van der Waals surface area contributed by atoms with Crippen molar-refractivity contribution < 1.29 is 19.0 Å². The summed E-state index contributed by atoms with van der Waals surface area (Å²) in [7, 11) is 0. The summed E-state index contributed by atoms with van der Waals surface area (Å²) in [4.78, 5) is 16.2. The minimum absolute atomic E-state index is 0.188. The van der Waals surface area contributed by atoms with Gasteiger partial charge in [-0.25, -0.2) is 4.79 Å². The van der Waals surface area contributed by atoms with Crippen LogP contribution < -0.4 is 0 Å². The number of epoxide rings is 1. The van der Waals surface area contributed by atoms with Crippen molar-refractivity contribution >= 4 is 11.9 Å². The lowest BCUT2D eigenvalue weighted by Crippen LogP contribution is -2.21. The van der Waals surface area contributed by atoms with Gasteiger partial charge in [0.1, 0.15) is 13.2 Å². The van der Waals surface area contributed by atoms with Gasteiger partial charge >= 0.3 is 5.97 Å². The zero-order valence-electron chi connectivity index (χ0n) is 12.3. The van der Waals surface area contributed by atoms with Gasteiger partial charge in [0.25, 0.3) is 0 Å². The van der Waals surface area contributed by atoms with Gasteiger partial charge in [0.05, 0.1) is 0 Å². The molecule has 2 fully saturated rings. The Bertz CT molecular complexity index is 413. The molecule has 1 heterocycles. The largest absolute Gasteiger partial charge is 0.475 e. The SMILES string of the molecule is C=CCOC(=O)C1OC1C(=NCC1CCCC1)OCC=C. The van der Waals surface area contributed by atoms with E-state index in [0.717, 1.165) is 6.54 Å². The number of carbonyl (C=O) groups excluding carboxylic acids is 1. The Balaban J connectivity index is 1.87. The fourth-order valence-corrected chi connectivity index (χ4v) is 2.48. The van der Waals surface area contributed by atoms with Crippen molar-refractivity contribution in [3.63, 3.8) is 0 Å². The number of hydrogen-bond acceptors (Lipinski definition) is 5. The molecule has 116 valence electrons. The molecule has 0 aromatic rings. The van der Waals surface area contributed by atoms with Gasteiger partial charge in [0, 0.05) is 6.54 Å². The molecule has 1 saturated carbocycles. The third-order valence-electron chi connectivity index (χ3n) is 3.64. The maximum Gasteiger partial charge on any atom is 0.338 e. The second-order valence-corrected chi connectivity index (χ2v) is 5.33. The molecule has 0 spiro atoms. The first-order valence-electron chi connectivity index (χ1n) is 7.47. The topological polar surface area (TPSA) is 60.4 Å². The van der Waals surface area contributed by atoms with Crippen molar-refractivity contribution in [3.8, 4) is 0 Å². The van der Waals surface area contributed by atoms with E-state index in [9.17, 15) is 4.79 Å². The quantitative estimate of drug-likeness (QED) is 0.226. The van der Waals surface area contributed by atoms with E-state index < -0.39 is 18.2 Å². The first kappa shape index (κ1) is 15.8. The fraction of sp³-hybridized carbons (Fsp3) is 0.625. The summed E-state index contributed by atoms with van der Waals surface area (Å²) in [6, 6.07) is 0. The highest BCUT2D eigenvalue weighted by atomic mass is 16.7. The molecule has 2 aliphatic rings. The average molecular weight is 293 g/mol. The van der Waals surface area contributed by atoms with Crippen LogP contribution in [0.2, 0.25) is 0 Å². The van der Waals surface area contributed by atoms with Crippen molar-refractivity contribution in [3.05, 3.63) is 25.3 Å². The van der Waals surface area contributed by atoms with Crippen LogP contribution >= 0.6 is 0 Å². The molecule has 0 N–H and O–H groups in total.